The summed E-state index contributed by atoms with van der Waals surface area (Å²) in [5.41, 5.74) is 1.20. The number of benzene rings is 1. The molecule has 0 radical (unpaired) electrons. The smallest absolute Gasteiger partial charge is 0.0972 e. The van der Waals surface area contributed by atoms with Crippen molar-refractivity contribution in [3.63, 3.8) is 0 Å². The molecule has 0 aromatic heterocycles. The Balaban J connectivity index is 3.02. The molecule has 1 aromatic rings. The molecule has 0 N–H and O–H groups in total. The molecule has 0 amide bonds. The Morgan fingerprint density at radius 2 is 1.50 bits per heavy atom. The fourth-order valence-corrected chi connectivity index (χ4v) is 2.18. The van der Waals surface area contributed by atoms with Crippen molar-refractivity contribution in [2.45, 2.75) is 45.8 Å². The largest absolute Gasteiger partial charge is 0.281 e. The van der Waals surface area contributed by atoms with Gasteiger partial charge in [-0.3, -0.25) is 4.90 Å². The van der Waals surface area contributed by atoms with Crippen LogP contribution in [0.15, 0.2) is 30.3 Å². The zero-order valence-corrected chi connectivity index (χ0v) is 10.6. The fraction of sp³-hybridized carbons (Fsp3) is 0.467. The Hall–Kier alpha value is -1.26. The van der Waals surface area contributed by atoms with Gasteiger partial charge in [-0.25, -0.2) is 0 Å². The summed E-state index contributed by atoms with van der Waals surface area (Å²) in [6, 6.07) is 11.3. The summed E-state index contributed by atoms with van der Waals surface area (Å²) in [6.45, 7) is 8.75. The third-order valence-corrected chi connectivity index (χ3v) is 2.76. The predicted molar refractivity (Wildman–Crippen MR) is 70.1 cm³/mol. The number of rotatable bonds is 4. The lowest BCUT2D eigenvalue weighted by Gasteiger charge is -2.35. The molecule has 1 heteroatoms. The van der Waals surface area contributed by atoms with Gasteiger partial charge in [-0.1, -0.05) is 36.3 Å². The SMILES string of the molecule is C#CC(c1ccccc1)N(C(C)C)C(C)C. The van der Waals surface area contributed by atoms with Gasteiger partial charge in [0.1, 0.15) is 0 Å². The summed E-state index contributed by atoms with van der Waals surface area (Å²) in [6.07, 6.45) is 5.69. The minimum Gasteiger partial charge on any atom is -0.281 e. The first-order valence-electron chi connectivity index (χ1n) is 5.86. The number of nitrogens with zero attached hydrogens (tertiary/aromatic N) is 1. The van der Waals surface area contributed by atoms with Crippen LogP contribution in [0.5, 0.6) is 0 Å². The molecule has 1 nitrogen and oxygen atoms in total. The molecule has 0 spiro atoms. The van der Waals surface area contributed by atoms with E-state index in [1.807, 2.05) is 18.2 Å². The molecular formula is C15H21N. The van der Waals surface area contributed by atoms with Gasteiger partial charge in [0.2, 0.25) is 0 Å². The Bertz CT molecular complexity index is 337. The molecule has 16 heavy (non-hydrogen) atoms. The average molecular weight is 215 g/mol. The average Bonchev–Trinajstić information content (AvgIpc) is 2.25. The van der Waals surface area contributed by atoms with Crippen molar-refractivity contribution in [2.24, 2.45) is 0 Å². The van der Waals surface area contributed by atoms with Crippen LogP contribution in [0.1, 0.15) is 39.3 Å². The number of terminal acetylenes is 1. The van der Waals surface area contributed by atoms with Crippen molar-refractivity contribution < 1.29 is 0 Å². The molecule has 1 unspecified atom stereocenters. The highest BCUT2D eigenvalue weighted by Crippen LogP contribution is 2.24. The summed E-state index contributed by atoms with van der Waals surface area (Å²) in [7, 11) is 0. The lowest BCUT2D eigenvalue weighted by Crippen LogP contribution is -2.39. The van der Waals surface area contributed by atoms with Crippen molar-refractivity contribution in [2.75, 3.05) is 0 Å². The Labute approximate surface area is 99.5 Å². The van der Waals surface area contributed by atoms with Crippen LogP contribution in [0, 0.1) is 12.3 Å². The number of hydrogen-bond donors (Lipinski definition) is 0. The molecule has 0 aliphatic carbocycles. The van der Waals surface area contributed by atoms with E-state index in [1.54, 1.807) is 0 Å². The molecule has 0 bridgehead atoms. The van der Waals surface area contributed by atoms with Gasteiger partial charge in [0, 0.05) is 12.1 Å². The van der Waals surface area contributed by atoms with Gasteiger partial charge < -0.3 is 0 Å². The maximum absolute atomic E-state index is 5.69. The second kappa shape index (κ2) is 5.72. The lowest BCUT2D eigenvalue weighted by atomic mass is 10.0. The van der Waals surface area contributed by atoms with Crippen LogP contribution in [-0.4, -0.2) is 17.0 Å². The Kier molecular flexibility index (Phi) is 4.58. The highest BCUT2D eigenvalue weighted by Gasteiger charge is 2.23. The molecule has 0 aliphatic heterocycles. The first kappa shape index (κ1) is 12.8. The standard InChI is InChI=1S/C15H21N/c1-6-15(14-10-8-7-9-11-14)16(12(2)3)13(4)5/h1,7-13,15H,2-5H3. The van der Waals surface area contributed by atoms with Gasteiger partial charge >= 0.3 is 0 Å². The van der Waals surface area contributed by atoms with Crippen molar-refractivity contribution >= 4 is 0 Å². The van der Waals surface area contributed by atoms with E-state index in [1.165, 1.54) is 5.56 Å². The van der Waals surface area contributed by atoms with Crippen molar-refractivity contribution in [3.05, 3.63) is 35.9 Å². The van der Waals surface area contributed by atoms with Crippen LogP contribution in [0.3, 0.4) is 0 Å². The highest BCUT2D eigenvalue weighted by molar-refractivity contribution is 5.26. The maximum atomic E-state index is 5.69. The fourth-order valence-electron chi connectivity index (χ4n) is 2.18. The summed E-state index contributed by atoms with van der Waals surface area (Å²) in [5.74, 6) is 2.91. The van der Waals surface area contributed by atoms with Gasteiger partial charge in [0.25, 0.3) is 0 Å². The third kappa shape index (κ3) is 2.87. The summed E-state index contributed by atoms with van der Waals surface area (Å²) in [5, 5.41) is 0. The van der Waals surface area contributed by atoms with Crippen LogP contribution in [0.2, 0.25) is 0 Å². The molecule has 0 saturated carbocycles. The van der Waals surface area contributed by atoms with E-state index in [2.05, 4.69) is 50.6 Å². The highest BCUT2D eigenvalue weighted by atomic mass is 15.2. The Morgan fingerprint density at radius 3 is 1.88 bits per heavy atom. The van der Waals surface area contributed by atoms with E-state index in [0.717, 1.165) is 0 Å². The number of hydrogen-bond acceptors (Lipinski definition) is 1. The van der Waals surface area contributed by atoms with Crippen LogP contribution < -0.4 is 0 Å². The van der Waals surface area contributed by atoms with Crippen LogP contribution in [0.25, 0.3) is 0 Å². The molecule has 0 aliphatic rings. The monoisotopic (exact) mass is 215 g/mol. The van der Waals surface area contributed by atoms with Crippen LogP contribution in [-0.2, 0) is 0 Å². The molecule has 0 heterocycles. The van der Waals surface area contributed by atoms with Crippen molar-refractivity contribution in [1.29, 1.82) is 0 Å². The normalized spacial score (nSPS) is 13.1. The second-order valence-corrected chi connectivity index (χ2v) is 4.61. The lowest BCUT2D eigenvalue weighted by molar-refractivity contribution is 0.144. The molecule has 86 valence electrons. The van der Waals surface area contributed by atoms with Crippen LogP contribution in [0.4, 0.5) is 0 Å². The van der Waals surface area contributed by atoms with Crippen LogP contribution >= 0.6 is 0 Å². The topological polar surface area (TPSA) is 3.24 Å². The van der Waals surface area contributed by atoms with E-state index in [-0.39, 0.29) is 6.04 Å². The molecule has 0 fully saturated rings. The van der Waals surface area contributed by atoms with E-state index in [0.29, 0.717) is 12.1 Å². The molecule has 1 rings (SSSR count). The van der Waals surface area contributed by atoms with E-state index in [4.69, 9.17) is 6.42 Å². The predicted octanol–water partition coefficient (Wildman–Crippen LogP) is 3.48. The quantitative estimate of drug-likeness (QED) is 0.695. The molecule has 0 saturated heterocycles. The minimum absolute atomic E-state index is 0.0706. The van der Waals surface area contributed by atoms with E-state index in [9.17, 15) is 0 Å². The van der Waals surface area contributed by atoms with Gasteiger partial charge in [0.05, 0.1) is 6.04 Å². The van der Waals surface area contributed by atoms with E-state index >= 15 is 0 Å². The second-order valence-electron chi connectivity index (χ2n) is 4.61. The Morgan fingerprint density at radius 1 is 1.00 bits per heavy atom. The molecule has 1 aromatic carbocycles. The molecular weight excluding hydrogens is 194 g/mol. The van der Waals surface area contributed by atoms with Crippen molar-refractivity contribution in [1.82, 2.24) is 4.90 Å². The third-order valence-electron chi connectivity index (χ3n) is 2.76. The first-order valence-corrected chi connectivity index (χ1v) is 5.86. The zero-order valence-electron chi connectivity index (χ0n) is 10.6. The van der Waals surface area contributed by atoms with Gasteiger partial charge in [-0.05, 0) is 33.3 Å². The summed E-state index contributed by atoms with van der Waals surface area (Å²) in [4.78, 5) is 2.36. The first-order chi connectivity index (χ1) is 7.57. The minimum atomic E-state index is 0.0706. The van der Waals surface area contributed by atoms with Gasteiger partial charge in [0.15, 0.2) is 0 Å². The maximum Gasteiger partial charge on any atom is 0.0972 e. The molecule has 1 atom stereocenters. The van der Waals surface area contributed by atoms with Crippen molar-refractivity contribution in [3.8, 4) is 12.3 Å². The summed E-state index contributed by atoms with van der Waals surface area (Å²) >= 11 is 0. The van der Waals surface area contributed by atoms with E-state index < -0.39 is 0 Å². The summed E-state index contributed by atoms with van der Waals surface area (Å²) < 4.78 is 0. The van der Waals surface area contributed by atoms with Gasteiger partial charge in [-0.15, -0.1) is 6.42 Å². The zero-order chi connectivity index (χ0) is 12.1. The van der Waals surface area contributed by atoms with Gasteiger partial charge in [-0.2, -0.15) is 0 Å².